The minimum atomic E-state index is -0.778. The molecule has 0 aliphatic heterocycles. The van der Waals surface area contributed by atoms with E-state index >= 15 is 0 Å². The van der Waals surface area contributed by atoms with Gasteiger partial charge in [0, 0.05) is 18.7 Å². The highest BCUT2D eigenvalue weighted by Crippen LogP contribution is 2.23. The number of carbonyl (C=O) groups is 1. The van der Waals surface area contributed by atoms with Gasteiger partial charge in [0.1, 0.15) is 5.82 Å². The molecule has 0 atom stereocenters. The zero-order valence-corrected chi connectivity index (χ0v) is 17.1. The van der Waals surface area contributed by atoms with Gasteiger partial charge in [-0.3, -0.25) is 24.3 Å². The van der Waals surface area contributed by atoms with Crippen molar-refractivity contribution in [3.05, 3.63) is 68.7 Å². The first-order valence-electron chi connectivity index (χ1n) is 9.12. The molecular formula is C20H19FN4O4S. The minimum absolute atomic E-state index is 0.148. The number of rotatable bonds is 7. The first-order chi connectivity index (χ1) is 14.3. The van der Waals surface area contributed by atoms with Gasteiger partial charge < -0.3 is 5.32 Å². The fourth-order valence-corrected chi connectivity index (χ4v) is 3.63. The van der Waals surface area contributed by atoms with Crippen LogP contribution in [0.3, 0.4) is 0 Å². The van der Waals surface area contributed by atoms with E-state index in [-0.39, 0.29) is 28.6 Å². The molecule has 8 nitrogen and oxygen atoms in total. The van der Waals surface area contributed by atoms with Crippen LogP contribution >= 0.6 is 11.8 Å². The van der Waals surface area contributed by atoms with E-state index in [9.17, 15) is 24.1 Å². The third-order valence-corrected chi connectivity index (χ3v) is 5.12. The van der Waals surface area contributed by atoms with Crippen molar-refractivity contribution in [3.8, 4) is 0 Å². The number of anilines is 1. The van der Waals surface area contributed by atoms with Gasteiger partial charge in [-0.25, -0.2) is 9.37 Å². The van der Waals surface area contributed by atoms with Crippen LogP contribution in [0.25, 0.3) is 10.9 Å². The van der Waals surface area contributed by atoms with Crippen LogP contribution in [0.2, 0.25) is 0 Å². The van der Waals surface area contributed by atoms with Gasteiger partial charge in [-0.1, -0.05) is 37.7 Å². The number of amides is 1. The number of non-ortho nitro benzene ring substituents is 1. The zero-order chi connectivity index (χ0) is 21.8. The monoisotopic (exact) mass is 430 g/mol. The van der Waals surface area contributed by atoms with Crippen molar-refractivity contribution in [3.63, 3.8) is 0 Å². The highest BCUT2D eigenvalue weighted by atomic mass is 32.2. The van der Waals surface area contributed by atoms with Crippen molar-refractivity contribution in [1.82, 2.24) is 9.55 Å². The summed E-state index contributed by atoms with van der Waals surface area (Å²) in [7, 11) is 0. The smallest absolute Gasteiger partial charge is 0.271 e. The van der Waals surface area contributed by atoms with Crippen molar-refractivity contribution in [2.24, 2.45) is 5.92 Å². The molecule has 3 rings (SSSR count). The summed E-state index contributed by atoms with van der Waals surface area (Å²) in [5.74, 6) is -1.32. The molecule has 1 amide bonds. The average Bonchev–Trinajstić information content (AvgIpc) is 2.70. The molecule has 0 unspecified atom stereocenters. The maximum Gasteiger partial charge on any atom is 0.271 e. The number of fused-ring (bicyclic) bond motifs is 1. The molecule has 10 heteroatoms. The fourth-order valence-electron chi connectivity index (χ4n) is 2.82. The number of hydrogen-bond acceptors (Lipinski definition) is 6. The van der Waals surface area contributed by atoms with Crippen molar-refractivity contribution in [1.29, 1.82) is 0 Å². The Kier molecular flexibility index (Phi) is 6.46. The molecule has 0 bridgehead atoms. The number of halogens is 1. The third kappa shape index (κ3) is 4.82. The Balaban J connectivity index is 1.83. The molecule has 2 aromatic carbocycles. The Morgan fingerprint density at radius 2 is 2.03 bits per heavy atom. The quantitative estimate of drug-likeness (QED) is 0.264. The molecule has 1 heterocycles. The van der Waals surface area contributed by atoms with Crippen LogP contribution in [0.4, 0.5) is 15.8 Å². The molecule has 0 aliphatic carbocycles. The van der Waals surface area contributed by atoms with Crippen LogP contribution in [0.1, 0.15) is 13.8 Å². The van der Waals surface area contributed by atoms with E-state index in [1.807, 2.05) is 13.8 Å². The first-order valence-corrected chi connectivity index (χ1v) is 10.1. The number of carbonyl (C=O) groups excluding carboxylic acids is 1. The molecule has 0 fully saturated rings. The van der Waals surface area contributed by atoms with E-state index in [1.54, 1.807) is 24.3 Å². The molecule has 0 saturated heterocycles. The van der Waals surface area contributed by atoms with E-state index in [2.05, 4.69) is 10.3 Å². The van der Waals surface area contributed by atoms with Crippen LogP contribution in [0, 0.1) is 21.8 Å². The maximum absolute atomic E-state index is 13.9. The summed E-state index contributed by atoms with van der Waals surface area (Å²) in [5, 5.41) is 14.1. The van der Waals surface area contributed by atoms with Crippen LogP contribution in [-0.4, -0.2) is 26.1 Å². The molecule has 0 spiro atoms. The highest BCUT2D eigenvalue weighted by Gasteiger charge is 2.16. The lowest BCUT2D eigenvalue weighted by atomic mass is 10.2. The molecule has 0 radical (unpaired) electrons. The van der Waals surface area contributed by atoms with E-state index in [4.69, 9.17) is 0 Å². The molecule has 30 heavy (non-hydrogen) atoms. The number of nitro benzene ring substituents is 1. The molecule has 156 valence electrons. The second kappa shape index (κ2) is 9.04. The number of benzene rings is 2. The van der Waals surface area contributed by atoms with Gasteiger partial charge in [-0.2, -0.15) is 0 Å². The summed E-state index contributed by atoms with van der Waals surface area (Å²) in [5.41, 5.74) is -0.278. The van der Waals surface area contributed by atoms with Gasteiger partial charge in [0.15, 0.2) is 5.16 Å². The Bertz CT molecular complexity index is 1180. The second-order valence-corrected chi connectivity index (χ2v) is 7.92. The molecule has 0 aliphatic rings. The van der Waals surface area contributed by atoms with E-state index in [0.717, 1.165) is 30.0 Å². The summed E-state index contributed by atoms with van der Waals surface area (Å²) in [6.07, 6.45) is 0. The third-order valence-electron chi connectivity index (χ3n) is 4.14. The van der Waals surface area contributed by atoms with Crippen LogP contribution < -0.4 is 10.9 Å². The van der Waals surface area contributed by atoms with Crippen LogP contribution in [-0.2, 0) is 11.3 Å². The summed E-state index contributed by atoms with van der Waals surface area (Å²) < 4.78 is 15.4. The van der Waals surface area contributed by atoms with Crippen LogP contribution in [0.5, 0.6) is 0 Å². The van der Waals surface area contributed by atoms with Crippen molar-refractivity contribution in [2.75, 3.05) is 11.1 Å². The summed E-state index contributed by atoms with van der Waals surface area (Å²) in [4.78, 5) is 39.9. The minimum Gasteiger partial charge on any atom is -0.323 e. The standard InChI is InChI=1S/C20H19FN4O4S/c1-12(2)10-24-19(27)14-5-3-4-6-16(14)23-20(24)30-11-18(26)22-17-9-13(25(28)29)7-8-15(17)21/h3-9,12H,10-11H2,1-2H3,(H,22,26). The lowest BCUT2D eigenvalue weighted by Gasteiger charge is -2.15. The summed E-state index contributed by atoms with van der Waals surface area (Å²) in [6, 6.07) is 9.86. The van der Waals surface area contributed by atoms with Gasteiger partial charge in [-0.05, 0) is 24.1 Å². The number of hydrogen-bond donors (Lipinski definition) is 1. The Hall–Kier alpha value is -3.27. The van der Waals surface area contributed by atoms with E-state index in [0.29, 0.717) is 22.6 Å². The summed E-state index contributed by atoms with van der Waals surface area (Å²) in [6.45, 7) is 4.36. The largest absolute Gasteiger partial charge is 0.323 e. The van der Waals surface area contributed by atoms with E-state index in [1.165, 1.54) is 4.57 Å². The SMILES string of the molecule is CC(C)Cn1c(SCC(=O)Nc2cc([N+](=O)[O-])ccc2F)nc2ccccc2c1=O. The molecule has 0 saturated carbocycles. The lowest BCUT2D eigenvalue weighted by Crippen LogP contribution is -2.26. The number of nitro groups is 1. The Labute approximate surface area is 175 Å². The number of thioether (sulfide) groups is 1. The van der Waals surface area contributed by atoms with E-state index < -0.39 is 16.6 Å². The molecule has 1 N–H and O–H groups in total. The fraction of sp³-hybridized carbons (Fsp3) is 0.250. The Morgan fingerprint density at radius 3 is 2.73 bits per heavy atom. The van der Waals surface area contributed by atoms with Gasteiger partial charge >= 0.3 is 0 Å². The maximum atomic E-state index is 13.9. The predicted molar refractivity (Wildman–Crippen MR) is 113 cm³/mol. The van der Waals surface area contributed by atoms with Crippen molar-refractivity contribution >= 4 is 39.9 Å². The summed E-state index contributed by atoms with van der Waals surface area (Å²) >= 11 is 1.05. The average molecular weight is 430 g/mol. The molecular weight excluding hydrogens is 411 g/mol. The topological polar surface area (TPSA) is 107 Å². The number of nitrogens with zero attached hydrogens (tertiary/aromatic N) is 3. The van der Waals surface area contributed by atoms with Gasteiger partial charge in [0.05, 0.1) is 27.3 Å². The van der Waals surface area contributed by atoms with Gasteiger partial charge in [-0.15, -0.1) is 0 Å². The zero-order valence-electron chi connectivity index (χ0n) is 16.3. The molecule has 1 aromatic heterocycles. The second-order valence-electron chi connectivity index (χ2n) is 6.98. The highest BCUT2D eigenvalue weighted by molar-refractivity contribution is 7.99. The normalized spacial score (nSPS) is 11.1. The van der Waals surface area contributed by atoms with Gasteiger partial charge in [0.25, 0.3) is 11.2 Å². The number of aromatic nitrogens is 2. The molecule has 3 aromatic rings. The van der Waals surface area contributed by atoms with Crippen LogP contribution in [0.15, 0.2) is 52.4 Å². The number of nitrogens with one attached hydrogen (secondary N) is 1. The van der Waals surface area contributed by atoms with Crippen molar-refractivity contribution in [2.45, 2.75) is 25.5 Å². The van der Waals surface area contributed by atoms with Crippen molar-refractivity contribution < 1.29 is 14.1 Å². The first kappa shape index (κ1) is 21.4. The number of para-hydroxylation sites is 1. The van der Waals surface area contributed by atoms with Gasteiger partial charge in [0.2, 0.25) is 5.91 Å². The Morgan fingerprint density at radius 1 is 1.30 bits per heavy atom. The predicted octanol–water partition coefficient (Wildman–Crippen LogP) is 3.83. The lowest BCUT2D eigenvalue weighted by molar-refractivity contribution is -0.384.